The molecule has 2 amide bonds. The molecule has 164 valence electrons. The third-order valence-electron chi connectivity index (χ3n) is 5.66. The highest BCUT2D eigenvalue weighted by molar-refractivity contribution is 7.88. The molecule has 2 saturated heterocycles. The average Bonchev–Trinajstić information content (AvgIpc) is 3.16. The van der Waals surface area contributed by atoms with E-state index in [-0.39, 0.29) is 30.1 Å². The molecule has 1 aromatic rings. The molecule has 10 nitrogen and oxygen atoms in total. The number of piperidine rings is 1. The van der Waals surface area contributed by atoms with Gasteiger partial charge >= 0.3 is 0 Å². The number of carbonyl (C=O) groups excluding carboxylic acids is 2. The maximum Gasteiger partial charge on any atom is 0.272 e. The Morgan fingerprint density at radius 3 is 2.53 bits per heavy atom. The fourth-order valence-electron chi connectivity index (χ4n) is 4.10. The zero-order valence-corrected chi connectivity index (χ0v) is 17.9. The molecule has 3 rings (SSSR count). The summed E-state index contributed by atoms with van der Waals surface area (Å²) in [6.07, 6.45) is 3.69. The molecule has 0 aliphatic carbocycles. The van der Waals surface area contributed by atoms with E-state index in [4.69, 9.17) is 0 Å². The predicted octanol–water partition coefficient (Wildman–Crippen LogP) is 1.05. The number of aryl methyl sites for hydroxylation is 1. The Labute approximate surface area is 175 Å². The molecular formula is C19H26N4O6S. The largest absolute Gasteiger partial charge is 0.350 e. The normalized spacial score (nSPS) is 22.7. The van der Waals surface area contributed by atoms with Crippen LogP contribution in [-0.4, -0.2) is 72.3 Å². The van der Waals surface area contributed by atoms with Crippen molar-refractivity contribution in [3.05, 3.63) is 39.4 Å². The van der Waals surface area contributed by atoms with Gasteiger partial charge in [0.15, 0.2) is 0 Å². The number of nitrogens with zero attached hydrogens (tertiary/aromatic N) is 3. The van der Waals surface area contributed by atoms with Gasteiger partial charge in [-0.1, -0.05) is 0 Å². The monoisotopic (exact) mass is 438 g/mol. The van der Waals surface area contributed by atoms with Gasteiger partial charge in [0.25, 0.3) is 11.6 Å². The lowest BCUT2D eigenvalue weighted by Gasteiger charge is -2.33. The quantitative estimate of drug-likeness (QED) is 0.540. The number of hydrogen-bond acceptors (Lipinski definition) is 6. The van der Waals surface area contributed by atoms with Crippen molar-refractivity contribution >= 4 is 27.5 Å². The second kappa shape index (κ2) is 8.68. The number of rotatable bonds is 5. The van der Waals surface area contributed by atoms with Crippen LogP contribution in [-0.2, 0) is 14.8 Å². The van der Waals surface area contributed by atoms with Gasteiger partial charge in [-0.05, 0) is 44.7 Å². The number of hydrogen-bond donors (Lipinski definition) is 1. The lowest BCUT2D eigenvalue weighted by Crippen LogP contribution is -2.54. The Bertz CT molecular complexity index is 964. The van der Waals surface area contributed by atoms with E-state index in [2.05, 4.69) is 5.32 Å². The van der Waals surface area contributed by atoms with Gasteiger partial charge in [0.2, 0.25) is 15.9 Å². The van der Waals surface area contributed by atoms with Crippen LogP contribution in [0.1, 0.15) is 41.6 Å². The van der Waals surface area contributed by atoms with Crippen LogP contribution in [0.5, 0.6) is 0 Å². The van der Waals surface area contributed by atoms with Gasteiger partial charge in [0.1, 0.15) is 6.04 Å². The lowest BCUT2D eigenvalue weighted by molar-refractivity contribution is -0.385. The van der Waals surface area contributed by atoms with Crippen molar-refractivity contribution in [2.75, 3.05) is 25.9 Å². The van der Waals surface area contributed by atoms with Crippen molar-refractivity contribution in [1.29, 1.82) is 0 Å². The van der Waals surface area contributed by atoms with Gasteiger partial charge in [-0.2, -0.15) is 0 Å². The second-order valence-electron chi connectivity index (χ2n) is 7.88. The van der Waals surface area contributed by atoms with Gasteiger partial charge in [-0.3, -0.25) is 19.7 Å². The van der Waals surface area contributed by atoms with Crippen LogP contribution in [0.3, 0.4) is 0 Å². The Balaban J connectivity index is 1.69. The van der Waals surface area contributed by atoms with Crippen molar-refractivity contribution in [2.24, 2.45) is 0 Å². The zero-order chi connectivity index (χ0) is 22.1. The van der Waals surface area contributed by atoms with E-state index in [0.29, 0.717) is 49.9 Å². The van der Waals surface area contributed by atoms with Crippen molar-refractivity contribution in [3.8, 4) is 0 Å². The topological polar surface area (TPSA) is 130 Å². The first-order valence-corrected chi connectivity index (χ1v) is 11.7. The molecular weight excluding hydrogens is 412 g/mol. The van der Waals surface area contributed by atoms with E-state index in [1.165, 1.54) is 27.4 Å². The highest BCUT2D eigenvalue weighted by atomic mass is 32.2. The van der Waals surface area contributed by atoms with Gasteiger partial charge in [0.05, 0.1) is 11.2 Å². The molecule has 0 spiro atoms. The van der Waals surface area contributed by atoms with Crippen LogP contribution in [0.15, 0.2) is 18.2 Å². The van der Waals surface area contributed by atoms with Gasteiger partial charge < -0.3 is 10.2 Å². The zero-order valence-electron chi connectivity index (χ0n) is 17.0. The average molecular weight is 439 g/mol. The summed E-state index contributed by atoms with van der Waals surface area (Å²) in [5, 5.41) is 13.9. The van der Waals surface area contributed by atoms with Crippen LogP contribution >= 0.6 is 0 Å². The van der Waals surface area contributed by atoms with Crippen molar-refractivity contribution in [2.45, 2.75) is 44.7 Å². The Morgan fingerprint density at radius 1 is 1.20 bits per heavy atom. The number of likely N-dealkylation sites (tertiary alicyclic amines) is 1. The second-order valence-corrected chi connectivity index (χ2v) is 9.87. The summed E-state index contributed by atoms with van der Waals surface area (Å²) in [6.45, 7) is 2.66. The summed E-state index contributed by atoms with van der Waals surface area (Å²) in [6, 6.07) is 3.25. The highest BCUT2D eigenvalue weighted by Gasteiger charge is 2.36. The molecule has 0 bridgehead atoms. The summed E-state index contributed by atoms with van der Waals surface area (Å²) in [4.78, 5) is 37.8. The predicted molar refractivity (Wildman–Crippen MR) is 109 cm³/mol. The molecule has 2 fully saturated rings. The van der Waals surface area contributed by atoms with Crippen LogP contribution in [0, 0.1) is 17.0 Å². The first-order valence-electron chi connectivity index (χ1n) is 9.89. The van der Waals surface area contributed by atoms with Crippen LogP contribution in [0.2, 0.25) is 0 Å². The van der Waals surface area contributed by atoms with E-state index >= 15 is 0 Å². The molecule has 11 heteroatoms. The number of nitro groups is 1. The minimum absolute atomic E-state index is 0.0602. The van der Waals surface area contributed by atoms with E-state index in [0.717, 1.165) is 6.26 Å². The maximum absolute atomic E-state index is 13.0. The van der Waals surface area contributed by atoms with Gasteiger partial charge in [-0.15, -0.1) is 0 Å². The molecule has 2 heterocycles. The third-order valence-corrected chi connectivity index (χ3v) is 6.93. The molecule has 2 aliphatic rings. The van der Waals surface area contributed by atoms with Crippen molar-refractivity contribution in [1.82, 2.24) is 14.5 Å². The standard InChI is InChI=1S/C19H26N4O6S/c1-13-11-14(7-8-16(13)23(26)27)19(25)22-10-4-6-17(22)18(24)20-15-5-3-9-21(12-15)30(2,28)29/h7-8,11,15,17H,3-6,9-10,12H2,1-2H3,(H,20,24). The van der Waals surface area contributed by atoms with Crippen molar-refractivity contribution < 1.29 is 22.9 Å². The molecule has 2 atom stereocenters. The molecule has 1 aromatic carbocycles. The molecule has 0 saturated carbocycles. The lowest BCUT2D eigenvalue weighted by atomic mass is 10.1. The first-order chi connectivity index (χ1) is 14.1. The Morgan fingerprint density at radius 2 is 1.90 bits per heavy atom. The minimum atomic E-state index is -3.32. The summed E-state index contributed by atoms with van der Waals surface area (Å²) < 4.78 is 24.9. The van der Waals surface area contributed by atoms with Crippen molar-refractivity contribution in [3.63, 3.8) is 0 Å². The number of nitro benzene ring substituents is 1. The number of carbonyl (C=O) groups is 2. The molecule has 30 heavy (non-hydrogen) atoms. The first kappa shape index (κ1) is 22.2. The molecule has 0 aromatic heterocycles. The molecule has 2 aliphatic heterocycles. The van der Waals surface area contributed by atoms with E-state index in [1.807, 2.05) is 0 Å². The smallest absolute Gasteiger partial charge is 0.272 e. The highest BCUT2D eigenvalue weighted by Crippen LogP contribution is 2.24. The number of benzene rings is 1. The summed E-state index contributed by atoms with van der Waals surface area (Å²) >= 11 is 0. The van der Waals surface area contributed by atoms with E-state index < -0.39 is 21.0 Å². The number of amides is 2. The maximum atomic E-state index is 13.0. The summed E-state index contributed by atoms with van der Waals surface area (Å²) in [5.74, 6) is -0.633. The molecule has 1 N–H and O–H groups in total. The third kappa shape index (κ3) is 4.78. The van der Waals surface area contributed by atoms with Gasteiger partial charge in [0, 0.05) is 42.9 Å². The Kier molecular flexibility index (Phi) is 6.41. The van der Waals surface area contributed by atoms with E-state index in [9.17, 15) is 28.1 Å². The Hall–Kier alpha value is -2.53. The summed E-state index contributed by atoms with van der Waals surface area (Å²) in [7, 11) is -3.32. The number of nitrogens with one attached hydrogen (secondary N) is 1. The van der Waals surface area contributed by atoms with E-state index in [1.54, 1.807) is 6.92 Å². The summed E-state index contributed by atoms with van der Waals surface area (Å²) in [5.41, 5.74) is 0.628. The van der Waals surface area contributed by atoms with Crippen LogP contribution in [0.25, 0.3) is 0 Å². The molecule has 2 unspecified atom stereocenters. The van der Waals surface area contributed by atoms with Crippen LogP contribution < -0.4 is 5.32 Å². The van der Waals surface area contributed by atoms with Gasteiger partial charge in [-0.25, -0.2) is 12.7 Å². The SMILES string of the molecule is Cc1cc(C(=O)N2CCCC2C(=O)NC2CCCN(S(C)(=O)=O)C2)ccc1[N+](=O)[O-]. The number of sulfonamides is 1. The fourth-order valence-corrected chi connectivity index (χ4v) is 5.01. The minimum Gasteiger partial charge on any atom is -0.350 e. The molecule has 0 radical (unpaired) electrons. The van der Waals surface area contributed by atoms with Crippen LogP contribution in [0.4, 0.5) is 5.69 Å². The fraction of sp³-hybridized carbons (Fsp3) is 0.579.